The first-order valence-corrected chi connectivity index (χ1v) is 5.46. The Hall–Kier alpha value is -2.37. The Morgan fingerprint density at radius 2 is 2.22 bits per heavy atom. The van der Waals surface area contributed by atoms with Crippen molar-refractivity contribution in [1.29, 1.82) is 0 Å². The van der Waals surface area contributed by atoms with E-state index in [0.29, 0.717) is 11.3 Å². The molecule has 1 aliphatic heterocycles. The summed E-state index contributed by atoms with van der Waals surface area (Å²) in [5.41, 5.74) is 5.64. The van der Waals surface area contributed by atoms with Gasteiger partial charge in [-0.05, 0) is 19.1 Å². The molecule has 18 heavy (non-hydrogen) atoms. The molecule has 1 aliphatic rings. The van der Waals surface area contributed by atoms with E-state index >= 15 is 0 Å². The SMILES string of the molecule is CNC(=O)C1(C)NC(C(N)=O)=Cc2ncccc21. The van der Waals surface area contributed by atoms with Crippen LogP contribution in [-0.4, -0.2) is 23.8 Å². The standard InChI is InChI=1S/C12H14N4O2/c1-12(11(18)14-2)7-4-3-5-15-8(7)6-9(16-12)10(13)17/h3-6,16H,1-2H3,(H2,13,17)(H,14,18). The van der Waals surface area contributed by atoms with Gasteiger partial charge in [-0.2, -0.15) is 0 Å². The van der Waals surface area contributed by atoms with Crippen LogP contribution in [0.25, 0.3) is 6.08 Å². The van der Waals surface area contributed by atoms with Crippen LogP contribution in [0, 0.1) is 0 Å². The van der Waals surface area contributed by atoms with E-state index in [4.69, 9.17) is 5.73 Å². The molecule has 1 aromatic rings. The fourth-order valence-corrected chi connectivity index (χ4v) is 2.03. The summed E-state index contributed by atoms with van der Waals surface area (Å²) in [6, 6.07) is 3.53. The first-order valence-electron chi connectivity index (χ1n) is 5.46. The lowest BCUT2D eigenvalue weighted by Gasteiger charge is -2.34. The van der Waals surface area contributed by atoms with E-state index in [2.05, 4.69) is 15.6 Å². The molecule has 1 unspecified atom stereocenters. The molecule has 94 valence electrons. The Labute approximate surface area is 104 Å². The highest BCUT2D eigenvalue weighted by molar-refractivity contribution is 6.00. The summed E-state index contributed by atoms with van der Waals surface area (Å²) >= 11 is 0. The van der Waals surface area contributed by atoms with Gasteiger partial charge in [0.25, 0.3) is 5.91 Å². The summed E-state index contributed by atoms with van der Waals surface area (Å²) in [4.78, 5) is 27.5. The normalized spacial score (nSPS) is 21.3. The molecule has 1 atom stereocenters. The summed E-state index contributed by atoms with van der Waals surface area (Å²) in [6.45, 7) is 1.68. The van der Waals surface area contributed by atoms with Crippen molar-refractivity contribution in [3.05, 3.63) is 35.3 Å². The number of carbonyl (C=O) groups excluding carboxylic acids is 2. The predicted molar refractivity (Wildman–Crippen MR) is 66.0 cm³/mol. The van der Waals surface area contributed by atoms with Crippen LogP contribution in [0.3, 0.4) is 0 Å². The maximum Gasteiger partial charge on any atom is 0.264 e. The van der Waals surface area contributed by atoms with E-state index in [0.717, 1.165) is 0 Å². The zero-order chi connectivity index (χ0) is 13.3. The lowest BCUT2D eigenvalue weighted by Crippen LogP contribution is -2.54. The zero-order valence-electron chi connectivity index (χ0n) is 10.2. The molecule has 0 radical (unpaired) electrons. The topological polar surface area (TPSA) is 97.1 Å². The van der Waals surface area contributed by atoms with Crippen LogP contribution in [0.15, 0.2) is 24.0 Å². The highest BCUT2D eigenvalue weighted by atomic mass is 16.2. The Bertz CT molecular complexity index is 553. The second-order valence-corrected chi connectivity index (χ2v) is 4.19. The number of nitrogens with two attached hydrogens (primary N) is 1. The quantitative estimate of drug-likeness (QED) is 0.653. The number of carbonyl (C=O) groups is 2. The number of nitrogens with one attached hydrogen (secondary N) is 2. The molecule has 2 amide bonds. The molecule has 0 bridgehead atoms. The van der Waals surface area contributed by atoms with E-state index in [1.54, 1.807) is 31.3 Å². The molecule has 0 saturated heterocycles. The summed E-state index contributed by atoms with van der Waals surface area (Å²) in [6.07, 6.45) is 3.14. The van der Waals surface area contributed by atoms with Gasteiger partial charge in [0.1, 0.15) is 11.2 Å². The average Bonchev–Trinajstić information content (AvgIpc) is 2.37. The fourth-order valence-electron chi connectivity index (χ4n) is 2.03. The van der Waals surface area contributed by atoms with Crippen molar-refractivity contribution in [1.82, 2.24) is 15.6 Å². The molecule has 0 aromatic carbocycles. The number of nitrogens with zero attached hydrogens (tertiary/aromatic N) is 1. The minimum absolute atomic E-state index is 0.173. The Balaban J connectivity index is 2.62. The third kappa shape index (κ3) is 1.71. The molecule has 4 N–H and O–H groups in total. The van der Waals surface area contributed by atoms with Gasteiger partial charge >= 0.3 is 0 Å². The number of primary amides is 1. The van der Waals surface area contributed by atoms with Crippen molar-refractivity contribution in [2.75, 3.05) is 7.05 Å². The lowest BCUT2D eigenvalue weighted by atomic mass is 9.86. The number of pyridine rings is 1. The molecular formula is C12H14N4O2. The summed E-state index contributed by atoms with van der Waals surface area (Å²) in [5.74, 6) is -0.884. The van der Waals surface area contributed by atoms with Crippen LogP contribution in [0.5, 0.6) is 0 Å². The first-order chi connectivity index (χ1) is 8.49. The van der Waals surface area contributed by atoms with E-state index in [-0.39, 0.29) is 11.6 Å². The van der Waals surface area contributed by atoms with Gasteiger partial charge < -0.3 is 16.4 Å². The van der Waals surface area contributed by atoms with Gasteiger partial charge in [0.05, 0.1) is 5.69 Å². The molecule has 2 rings (SSSR count). The molecule has 6 heteroatoms. The number of rotatable bonds is 2. The molecule has 0 saturated carbocycles. The zero-order valence-corrected chi connectivity index (χ0v) is 10.2. The van der Waals surface area contributed by atoms with Gasteiger partial charge in [0.15, 0.2) is 0 Å². The Morgan fingerprint density at radius 3 is 2.83 bits per heavy atom. The predicted octanol–water partition coefficient (Wildman–Crippen LogP) is -0.528. The molecule has 0 spiro atoms. The molecule has 0 fully saturated rings. The fraction of sp³-hybridized carbons (Fsp3) is 0.250. The number of hydrogen-bond acceptors (Lipinski definition) is 4. The summed E-state index contributed by atoms with van der Waals surface area (Å²) < 4.78 is 0. The van der Waals surface area contributed by atoms with Crippen molar-refractivity contribution < 1.29 is 9.59 Å². The maximum atomic E-state index is 12.0. The highest BCUT2D eigenvalue weighted by Crippen LogP contribution is 2.30. The number of likely N-dealkylation sites (N-methyl/N-ethyl adjacent to an activating group) is 1. The van der Waals surface area contributed by atoms with Gasteiger partial charge in [-0.25, -0.2) is 0 Å². The van der Waals surface area contributed by atoms with Crippen LogP contribution in [0.2, 0.25) is 0 Å². The van der Waals surface area contributed by atoms with Crippen LogP contribution < -0.4 is 16.4 Å². The number of hydrogen-bond donors (Lipinski definition) is 3. The lowest BCUT2D eigenvalue weighted by molar-refractivity contribution is -0.126. The summed E-state index contributed by atoms with van der Waals surface area (Å²) in [7, 11) is 1.54. The van der Waals surface area contributed by atoms with Gasteiger partial charge in [0.2, 0.25) is 5.91 Å². The van der Waals surface area contributed by atoms with Gasteiger partial charge in [-0.3, -0.25) is 14.6 Å². The van der Waals surface area contributed by atoms with Crippen molar-refractivity contribution in [3.8, 4) is 0 Å². The Kier molecular flexibility index (Phi) is 2.78. The second-order valence-electron chi connectivity index (χ2n) is 4.19. The van der Waals surface area contributed by atoms with Crippen LogP contribution >= 0.6 is 0 Å². The number of amides is 2. The molecule has 2 heterocycles. The monoisotopic (exact) mass is 246 g/mol. The molecule has 6 nitrogen and oxygen atoms in total. The van der Waals surface area contributed by atoms with Gasteiger partial charge in [0, 0.05) is 18.8 Å². The van der Waals surface area contributed by atoms with Crippen LogP contribution in [0.4, 0.5) is 0 Å². The first kappa shape index (κ1) is 12.1. The molecular weight excluding hydrogens is 232 g/mol. The third-order valence-electron chi connectivity index (χ3n) is 2.99. The second kappa shape index (κ2) is 4.14. The largest absolute Gasteiger partial charge is 0.364 e. The highest BCUT2D eigenvalue weighted by Gasteiger charge is 2.40. The minimum atomic E-state index is -1.06. The molecule has 0 aliphatic carbocycles. The average molecular weight is 246 g/mol. The minimum Gasteiger partial charge on any atom is -0.364 e. The number of aromatic nitrogens is 1. The van der Waals surface area contributed by atoms with Gasteiger partial charge in [-0.1, -0.05) is 6.07 Å². The molecule has 1 aromatic heterocycles. The van der Waals surface area contributed by atoms with Crippen LogP contribution in [-0.2, 0) is 15.1 Å². The van der Waals surface area contributed by atoms with E-state index in [1.165, 1.54) is 7.05 Å². The van der Waals surface area contributed by atoms with E-state index < -0.39 is 11.4 Å². The number of fused-ring (bicyclic) bond motifs is 1. The van der Waals surface area contributed by atoms with Crippen molar-refractivity contribution >= 4 is 17.9 Å². The van der Waals surface area contributed by atoms with E-state index in [9.17, 15) is 9.59 Å². The van der Waals surface area contributed by atoms with E-state index in [1.807, 2.05) is 0 Å². The summed E-state index contributed by atoms with van der Waals surface area (Å²) in [5, 5.41) is 5.44. The Morgan fingerprint density at radius 1 is 1.50 bits per heavy atom. The smallest absolute Gasteiger partial charge is 0.264 e. The van der Waals surface area contributed by atoms with Crippen molar-refractivity contribution in [2.45, 2.75) is 12.5 Å². The van der Waals surface area contributed by atoms with Gasteiger partial charge in [-0.15, -0.1) is 0 Å². The van der Waals surface area contributed by atoms with Crippen molar-refractivity contribution in [2.24, 2.45) is 5.73 Å². The maximum absolute atomic E-state index is 12.0. The van der Waals surface area contributed by atoms with Crippen LogP contribution in [0.1, 0.15) is 18.2 Å². The van der Waals surface area contributed by atoms with Crippen molar-refractivity contribution in [3.63, 3.8) is 0 Å². The third-order valence-corrected chi connectivity index (χ3v) is 2.99.